The second-order valence-corrected chi connectivity index (χ2v) is 8.54. The SMILES string of the molecule is CCC=CCCOc1c(OC/C=C(\C)CCC=C(C)C)c2c(OC(C)C)cccc2oc1=O. The molecular weight excluding hydrogens is 416 g/mol. The largest absolute Gasteiger partial charge is 0.490 e. The van der Waals surface area contributed by atoms with Gasteiger partial charge in [0.2, 0.25) is 5.75 Å². The van der Waals surface area contributed by atoms with Crippen LogP contribution in [0.5, 0.6) is 17.2 Å². The van der Waals surface area contributed by atoms with Crippen molar-refractivity contribution in [2.75, 3.05) is 13.2 Å². The van der Waals surface area contributed by atoms with Gasteiger partial charge in [-0.3, -0.25) is 0 Å². The van der Waals surface area contributed by atoms with E-state index in [1.165, 1.54) is 11.1 Å². The number of allylic oxidation sites excluding steroid dienone is 4. The van der Waals surface area contributed by atoms with Crippen molar-refractivity contribution in [2.24, 2.45) is 0 Å². The molecule has 2 aromatic rings. The number of benzene rings is 1. The van der Waals surface area contributed by atoms with Crippen LogP contribution in [0.25, 0.3) is 11.0 Å². The summed E-state index contributed by atoms with van der Waals surface area (Å²) in [5.41, 5.74) is 2.40. The first-order chi connectivity index (χ1) is 15.8. The summed E-state index contributed by atoms with van der Waals surface area (Å²) in [4.78, 5) is 12.8. The van der Waals surface area contributed by atoms with Crippen molar-refractivity contribution in [2.45, 2.75) is 73.3 Å². The first-order valence-corrected chi connectivity index (χ1v) is 11.8. The van der Waals surface area contributed by atoms with Gasteiger partial charge in [-0.05, 0) is 78.5 Å². The molecule has 1 aromatic heterocycles. The summed E-state index contributed by atoms with van der Waals surface area (Å²) in [7, 11) is 0. The van der Waals surface area contributed by atoms with E-state index in [1.807, 2.05) is 32.1 Å². The molecule has 1 heterocycles. The summed E-state index contributed by atoms with van der Waals surface area (Å²) in [6.45, 7) is 12.9. The lowest BCUT2D eigenvalue weighted by atomic mass is 10.1. The van der Waals surface area contributed by atoms with Crippen molar-refractivity contribution < 1.29 is 18.6 Å². The van der Waals surface area contributed by atoms with Crippen LogP contribution in [0.2, 0.25) is 0 Å². The molecule has 0 amide bonds. The minimum atomic E-state index is -0.553. The number of fused-ring (bicyclic) bond motifs is 1. The summed E-state index contributed by atoms with van der Waals surface area (Å²) in [5, 5.41) is 0.612. The van der Waals surface area contributed by atoms with Crippen LogP contribution in [-0.2, 0) is 0 Å². The maximum absolute atomic E-state index is 12.8. The monoisotopic (exact) mass is 454 g/mol. The first kappa shape index (κ1) is 26.3. The number of hydrogen-bond acceptors (Lipinski definition) is 5. The van der Waals surface area contributed by atoms with Crippen molar-refractivity contribution >= 4 is 11.0 Å². The number of hydrogen-bond donors (Lipinski definition) is 0. The van der Waals surface area contributed by atoms with Crippen LogP contribution in [0, 0.1) is 0 Å². The van der Waals surface area contributed by atoms with Gasteiger partial charge in [-0.1, -0.05) is 42.4 Å². The Kier molecular flexibility index (Phi) is 10.8. The van der Waals surface area contributed by atoms with E-state index >= 15 is 0 Å². The molecule has 0 atom stereocenters. The zero-order valence-electron chi connectivity index (χ0n) is 20.9. The van der Waals surface area contributed by atoms with E-state index in [0.717, 1.165) is 19.3 Å². The minimum Gasteiger partial charge on any atom is -0.490 e. The van der Waals surface area contributed by atoms with Gasteiger partial charge in [-0.2, -0.15) is 0 Å². The molecule has 0 aliphatic rings. The Morgan fingerprint density at radius 2 is 1.82 bits per heavy atom. The third-order valence-electron chi connectivity index (χ3n) is 4.86. The first-order valence-electron chi connectivity index (χ1n) is 11.8. The Balaban J connectivity index is 2.38. The van der Waals surface area contributed by atoms with E-state index in [1.54, 1.807) is 12.1 Å². The molecule has 0 unspecified atom stereocenters. The number of ether oxygens (including phenoxy) is 3. The summed E-state index contributed by atoms with van der Waals surface area (Å²) in [6, 6.07) is 5.39. The zero-order valence-corrected chi connectivity index (χ0v) is 20.9. The van der Waals surface area contributed by atoms with E-state index in [-0.39, 0.29) is 11.9 Å². The van der Waals surface area contributed by atoms with Crippen LogP contribution >= 0.6 is 0 Å². The molecule has 0 aliphatic heterocycles. The van der Waals surface area contributed by atoms with Gasteiger partial charge in [0, 0.05) is 0 Å². The molecule has 0 aliphatic carbocycles. The van der Waals surface area contributed by atoms with Crippen molar-refractivity contribution in [1.29, 1.82) is 0 Å². The molecule has 0 bridgehead atoms. The highest BCUT2D eigenvalue weighted by molar-refractivity contribution is 5.91. The normalized spacial score (nSPS) is 11.9. The van der Waals surface area contributed by atoms with E-state index in [9.17, 15) is 4.79 Å². The molecule has 0 N–H and O–H groups in total. The van der Waals surface area contributed by atoms with Crippen LogP contribution in [0.1, 0.15) is 67.2 Å². The van der Waals surface area contributed by atoms with Crippen molar-refractivity contribution in [3.63, 3.8) is 0 Å². The Hall–Kier alpha value is -2.95. The van der Waals surface area contributed by atoms with Gasteiger partial charge in [0.15, 0.2) is 5.75 Å². The summed E-state index contributed by atoms with van der Waals surface area (Å²) >= 11 is 0. The third-order valence-corrected chi connectivity index (χ3v) is 4.86. The molecule has 0 spiro atoms. The highest BCUT2D eigenvalue weighted by Crippen LogP contribution is 2.39. The molecule has 180 valence electrons. The van der Waals surface area contributed by atoms with Crippen molar-refractivity contribution in [3.05, 3.63) is 64.1 Å². The molecule has 0 fully saturated rings. The van der Waals surface area contributed by atoms with E-state index < -0.39 is 5.63 Å². The van der Waals surface area contributed by atoms with Crippen molar-refractivity contribution in [1.82, 2.24) is 0 Å². The van der Waals surface area contributed by atoms with Gasteiger partial charge >= 0.3 is 5.63 Å². The second kappa shape index (κ2) is 13.6. The standard InChI is InChI=1S/C28H38O5/c1-7-8-9-10-18-30-27-26(31-19-17-22(6)14-11-13-20(2)3)25-23(32-21(4)5)15-12-16-24(25)33-28(27)29/h8-9,12-13,15-17,21H,7,10-11,14,18-19H2,1-6H3/b9-8?,22-17+. The lowest BCUT2D eigenvalue weighted by Crippen LogP contribution is -2.12. The second-order valence-electron chi connectivity index (χ2n) is 8.54. The smallest absolute Gasteiger partial charge is 0.383 e. The molecule has 2 rings (SSSR count). The van der Waals surface area contributed by atoms with E-state index in [4.69, 9.17) is 18.6 Å². The summed E-state index contributed by atoms with van der Waals surface area (Å²) in [5.74, 6) is 1.05. The van der Waals surface area contributed by atoms with Crippen LogP contribution in [0.15, 0.2) is 62.9 Å². The van der Waals surface area contributed by atoms with Crippen LogP contribution < -0.4 is 19.8 Å². The third kappa shape index (κ3) is 8.49. The average molecular weight is 455 g/mol. The lowest BCUT2D eigenvalue weighted by Gasteiger charge is -2.17. The molecule has 0 radical (unpaired) electrons. The molecular formula is C28H38O5. The average Bonchev–Trinajstić information content (AvgIpc) is 2.74. The molecule has 0 saturated carbocycles. The summed E-state index contributed by atoms with van der Waals surface area (Å²) < 4.78 is 23.6. The maximum atomic E-state index is 12.8. The Bertz CT molecular complexity index is 1040. The van der Waals surface area contributed by atoms with Gasteiger partial charge in [0.05, 0.1) is 12.7 Å². The van der Waals surface area contributed by atoms with Crippen LogP contribution in [-0.4, -0.2) is 19.3 Å². The fourth-order valence-corrected chi connectivity index (χ4v) is 3.26. The quantitative estimate of drug-likeness (QED) is 0.179. The zero-order chi connectivity index (χ0) is 24.2. The molecule has 33 heavy (non-hydrogen) atoms. The van der Waals surface area contributed by atoms with Crippen LogP contribution in [0.4, 0.5) is 0 Å². The maximum Gasteiger partial charge on any atom is 0.383 e. The van der Waals surface area contributed by atoms with Crippen LogP contribution in [0.3, 0.4) is 0 Å². The predicted molar refractivity (Wildman–Crippen MR) is 136 cm³/mol. The van der Waals surface area contributed by atoms with Crippen molar-refractivity contribution in [3.8, 4) is 17.2 Å². The van der Waals surface area contributed by atoms with Gasteiger partial charge < -0.3 is 18.6 Å². The van der Waals surface area contributed by atoms with E-state index in [2.05, 4.69) is 39.8 Å². The van der Waals surface area contributed by atoms with Gasteiger partial charge in [0.1, 0.15) is 23.3 Å². The fourth-order valence-electron chi connectivity index (χ4n) is 3.26. The fraction of sp³-hybridized carbons (Fsp3) is 0.464. The lowest BCUT2D eigenvalue weighted by molar-refractivity contribution is 0.242. The van der Waals surface area contributed by atoms with E-state index in [0.29, 0.717) is 42.1 Å². The van der Waals surface area contributed by atoms with Gasteiger partial charge in [-0.25, -0.2) is 4.79 Å². The topological polar surface area (TPSA) is 57.9 Å². The molecule has 5 nitrogen and oxygen atoms in total. The predicted octanol–water partition coefficient (Wildman–Crippen LogP) is 7.39. The van der Waals surface area contributed by atoms with Gasteiger partial charge in [-0.15, -0.1) is 0 Å². The Morgan fingerprint density at radius 3 is 2.52 bits per heavy atom. The van der Waals surface area contributed by atoms with Gasteiger partial charge in [0.25, 0.3) is 0 Å². The molecule has 0 saturated heterocycles. The molecule has 5 heteroatoms. The highest BCUT2D eigenvalue weighted by atomic mass is 16.5. The Morgan fingerprint density at radius 1 is 1.03 bits per heavy atom. The highest BCUT2D eigenvalue weighted by Gasteiger charge is 2.21. The Labute approximate surface area is 197 Å². The summed E-state index contributed by atoms with van der Waals surface area (Å²) in [6.07, 6.45) is 11.9. The minimum absolute atomic E-state index is 0.0452. The molecule has 1 aromatic carbocycles. The number of rotatable bonds is 13.